The van der Waals surface area contributed by atoms with E-state index in [2.05, 4.69) is 28.6 Å². The summed E-state index contributed by atoms with van der Waals surface area (Å²) in [5, 5.41) is 6.39. The number of aryl methyl sites for hydroxylation is 1. The number of carbonyl (C=O) groups is 1. The van der Waals surface area contributed by atoms with Crippen LogP contribution in [0.1, 0.15) is 12.0 Å². The lowest BCUT2D eigenvalue weighted by molar-refractivity contribution is -0.118. The summed E-state index contributed by atoms with van der Waals surface area (Å²) in [4.78, 5) is 14.6. The minimum atomic E-state index is -0.145. The lowest BCUT2D eigenvalue weighted by Crippen LogP contribution is -2.49. The average Bonchev–Trinajstić information content (AvgIpc) is 2.64. The third kappa shape index (κ3) is 3.61. The second kappa shape index (κ2) is 6.56. The molecule has 0 bridgehead atoms. The number of rotatable bonds is 3. The fraction of sp³-hybridized carbons (Fsp3) is 0.562. The zero-order chi connectivity index (χ0) is 14.7. The van der Waals surface area contributed by atoms with Gasteiger partial charge in [-0.15, -0.1) is 0 Å². The van der Waals surface area contributed by atoms with Crippen molar-refractivity contribution in [2.75, 3.05) is 38.6 Å². The molecule has 1 saturated heterocycles. The van der Waals surface area contributed by atoms with E-state index in [4.69, 9.17) is 4.74 Å². The second-order valence-electron chi connectivity index (χ2n) is 5.90. The predicted molar refractivity (Wildman–Crippen MR) is 82.4 cm³/mol. The molecule has 0 saturated carbocycles. The predicted octanol–water partition coefficient (Wildman–Crippen LogP) is 0.860. The van der Waals surface area contributed by atoms with E-state index in [0.29, 0.717) is 0 Å². The average molecular weight is 289 g/mol. The number of benzene rings is 1. The number of ether oxygens (including phenoxy) is 1. The van der Waals surface area contributed by atoms with E-state index < -0.39 is 0 Å². The topological polar surface area (TPSA) is 53.6 Å². The number of anilines is 1. The van der Waals surface area contributed by atoms with Crippen LogP contribution >= 0.6 is 0 Å². The summed E-state index contributed by atoms with van der Waals surface area (Å²) in [6.07, 6.45) is 1.91. The number of amides is 1. The highest BCUT2D eigenvalue weighted by molar-refractivity contribution is 5.96. The van der Waals surface area contributed by atoms with Crippen LogP contribution in [0.4, 0.5) is 5.69 Å². The fourth-order valence-electron chi connectivity index (χ4n) is 2.97. The van der Waals surface area contributed by atoms with Crippen molar-refractivity contribution in [1.29, 1.82) is 0 Å². The highest BCUT2D eigenvalue weighted by atomic mass is 16.5. The van der Waals surface area contributed by atoms with Crippen LogP contribution in [0.15, 0.2) is 24.3 Å². The number of para-hydroxylation sites is 1. The Bertz CT molecular complexity index is 506. The largest absolute Gasteiger partial charge is 0.374 e. The number of hydrogen-bond donors (Lipinski definition) is 2. The molecular weight excluding hydrogens is 266 g/mol. The quantitative estimate of drug-likeness (QED) is 0.866. The molecule has 2 aliphatic heterocycles. The molecule has 21 heavy (non-hydrogen) atoms. The van der Waals surface area contributed by atoms with Crippen molar-refractivity contribution >= 4 is 11.6 Å². The van der Waals surface area contributed by atoms with E-state index >= 15 is 0 Å². The molecule has 3 rings (SSSR count). The van der Waals surface area contributed by atoms with Crippen LogP contribution in [-0.2, 0) is 16.0 Å². The number of fused-ring (bicyclic) bond motifs is 1. The smallest absolute Gasteiger partial charge is 0.241 e. The van der Waals surface area contributed by atoms with Gasteiger partial charge in [0, 0.05) is 25.3 Å². The molecular formula is C16H23N3O2. The molecule has 5 heteroatoms. The third-order valence-electron chi connectivity index (χ3n) is 4.23. The molecule has 0 aliphatic carbocycles. The number of hydrogen-bond acceptors (Lipinski definition) is 4. The molecule has 2 unspecified atom stereocenters. The Balaban J connectivity index is 1.56. The SMILES string of the molecule is CN1CCOC(CNC2CCc3ccccc3NC2=O)C1. The fourth-order valence-corrected chi connectivity index (χ4v) is 2.97. The van der Waals surface area contributed by atoms with Crippen LogP contribution in [0.25, 0.3) is 0 Å². The second-order valence-corrected chi connectivity index (χ2v) is 5.90. The minimum Gasteiger partial charge on any atom is -0.374 e. The van der Waals surface area contributed by atoms with Crippen molar-refractivity contribution in [1.82, 2.24) is 10.2 Å². The Morgan fingerprint density at radius 1 is 1.43 bits per heavy atom. The van der Waals surface area contributed by atoms with Gasteiger partial charge in [-0.25, -0.2) is 0 Å². The zero-order valence-corrected chi connectivity index (χ0v) is 12.5. The van der Waals surface area contributed by atoms with Gasteiger partial charge in [-0.05, 0) is 31.5 Å². The lowest BCUT2D eigenvalue weighted by atomic mass is 10.1. The van der Waals surface area contributed by atoms with Crippen molar-refractivity contribution in [2.45, 2.75) is 25.0 Å². The van der Waals surface area contributed by atoms with Gasteiger partial charge in [0.15, 0.2) is 0 Å². The van der Waals surface area contributed by atoms with Crippen LogP contribution < -0.4 is 10.6 Å². The number of likely N-dealkylation sites (N-methyl/N-ethyl adjacent to an activating group) is 1. The van der Waals surface area contributed by atoms with Gasteiger partial charge in [-0.2, -0.15) is 0 Å². The molecule has 0 radical (unpaired) electrons. The molecule has 5 nitrogen and oxygen atoms in total. The first-order chi connectivity index (χ1) is 10.2. The maximum Gasteiger partial charge on any atom is 0.241 e. The van der Waals surface area contributed by atoms with Crippen LogP contribution in [-0.4, -0.2) is 56.2 Å². The molecule has 0 aromatic heterocycles. The molecule has 114 valence electrons. The number of morpholine rings is 1. The Hall–Kier alpha value is -1.43. The Labute approximate surface area is 125 Å². The molecule has 1 amide bonds. The van der Waals surface area contributed by atoms with Crippen LogP contribution in [0.3, 0.4) is 0 Å². The summed E-state index contributed by atoms with van der Waals surface area (Å²) in [5.74, 6) is 0.0594. The Kier molecular flexibility index (Phi) is 4.53. The van der Waals surface area contributed by atoms with Gasteiger partial charge in [0.05, 0.1) is 18.8 Å². The van der Waals surface area contributed by atoms with Gasteiger partial charge >= 0.3 is 0 Å². The number of nitrogens with one attached hydrogen (secondary N) is 2. The third-order valence-corrected chi connectivity index (χ3v) is 4.23. The van der Waals surface area contributed by atoms with E-state index in [1.54, 1.807) is 0 Å². The van der Waals surface area contributed by atoms with Crippen molar-refractivity contribution in [3.63, 3.8) is 0 Å². The zero-order valence-electron chi connectivity index (χ0n) is 12.5. The van der Waals surface area contributed by atoms with E-state index in [9.17, 15) is 4.79 Å². The van der Waals surface area contributed by atoms with Crippen LogP contribution in [0, 0.1) is 0 Å². The van der Waals surface area contributed by atoms with Gasteiger partial charge in [0.25, 0.3) is 0 Å². The maximum atomic E-state index is 12.3. The summed E-state index contributed by atoms with van der Waals surface area (Å²) in [6.45, 7) is 3.39. The first-order valence-corrected chi connectivity index (χ1v) is 7.64. The maximum absolute atomic E-state index is 12.3. The summed E-state index contributed by atoms with van der Waals surface area (Å²) < 4.78 is 5.73. The van der Waals surface area contributed by atoms with Gasteiger partial charge in [-0.1, -0.05) is 18.2 Å². The van der Waals surface area contributed by atoms with Gasteiger partial charge < -0.3 is 20.3 Å². The lowest BCUT2D eigenvalue weighted by Gasteiger charge is -2.31. The number of carbonyl (C=O) groups excluding carboxylic acids is 1. The number of nitrogens with zero attached hydrogens (tertiary/aromatic N) is 1. The van der Waals surface area contributed by atoms with E-state index in [-0.39, 0.29) is 18.1 Å². The van der Waals surface area contributed by atoms with Crippen molar-refractivity contribution < 1.29 is 9.53 Å². The molecule has 1 aromatic carbocycles. The first-order valence-electron chi connectivity index (χ1n) is 7.64. The summed E-state index contributed by atoms with van der Waals surface area (Å²) in [7, 11) is 2.10. The van der Waals surface area contributed by atoms with Crippen molar-refractivity contribution in [3.8, 4) is 0 Å². The van der Waals surface area contributed by atoms with Crippen molar-refractivity contribution in [3.05, 3.63) is 29.8 Å². The highest BCUT2D eigenvalue weighted by Gasteiger charge is 2.25. The van der Waals surface area contributed by atoms with Crippen molar-refractivity contribution in [2.24, 2.45) is 0 Å². The van der Waals surface area contributed by atoms with Gasteiger partial charge in [0.2, 0.25) is 5.91 Å². The molecule has 1 aromatic rings. The molecule has 2 atom stereocenters. The van der Waals surface area contributed by atoms with E-state index in [1.807, 2.05) is 18.2 Å². The molecule has 2 aliphatic rings. The molecule has 1 fully saturated rings. The van der Waals surface area contributed by atoms with Gasteiger partial charge in [-0.3, -0.25) is 4.79 Å². The molecule has 2 heterocycles. The van der Waals surface area contributed by atoms with E-state index in [0.717, 1.165) is 44.8 Å². The summed E-state index contributed by atoms with van der Waals surface area (Å²) >= 11 is 0. The summed E-state index contributed by atoms with van der Waals surface area (Å²) in [5.41, 5.74) is 2.16. The van der Waals surface area contributed by atoms with Crippen LogP contribution in [0.2, 0.25) is 0 Å². The van der Waals surface area contributed by atoms with Gasteiger partial charge in [0.1, 0.15) is 0 Å². The highest BCUT2D eigenvalue weighted by Crippen LogP contribution is 2.21. The first kappa shape index (κ1) is 14.5. The monoisotopic (exact) mass is 289 g/mol. The van der Waals surface area contributed by atoms with E-state index in [1.165, 1.54) is 5.56 Å². The molecule has 0 spiro atoms. The molecule has 2 N–H and O–H groups in total. The standard InChI is InChI=1S/C16H23N3O2/c1-19-8-9-21-13(11-19)10-17-15-7-6-12-4-2-3-5-14(12)18-16(15)20/h2-5,13,15,17H,6-11H2,1H3,(H,18,20). The van der Waals surface area contributed by atoms with Crippen LogP contribution in [0.5, 0.6) is 0 Å². The normalized spacial score (nSPS) is 26.8. The summed E-state index contributed by atoms with van der Waals surface area (Å²) in [6, 6.07) is 7.88. The Morgan fingerprint density at radius 3 is 3.14 bits per heavy atom. The Morgan fingerprint density at radius 2 is 2.29 bits per heavy atom. The minimum absolute atomic E-state index is 0.0594.